The first-order valence-corrected chi connectivity index (χ1v) is 7.66. The van der Waals surface area contributed by atoms with Crippen molar-refractivity contribution in [3.63, 3.8) is 0 Å². The van der Waals surface area contributed by atoms with E-state index in [9.17, 15) is 18.0 Å². The molecule has 2 rings (SSSR count). The van der Waals surface area contributed by atoms with E-state index in [2.05, 4.69) is 4.90 Å². The molecular formula is C15H18ClF3N2O2. The van der Waals surface area contributed by atoms with E-state index < -0.39 is 18.5 Å². The SMILES string of the molecule is O=C(CC(F)(F)F)N1CCN(CCOc2ccc(Cl)cc2)CC1. The molecule has 0 unspecified atom stereocenters. The molecule has 23 heavy (non-hydrogen) atoms. The van der Waals surface area contributed by atoms with E-state index in [1.54, 1.807) is 24.3 Å². The van der Waals surface area contributed by atoms with E-state index in [0.717, 1.165) is 0 Å². The molecule has 1 aromatic carbocycles. The van der Waals surface area contributed by atoms with Crippen molar-refractivity contribution >= 4 is 17.5 Å². The Balaban J connectivity index is 1.66. The summed E-state index contributed by atoms with van der Waals surface area (Å²) in [6, 6.07) is 7.02. The lowest BCUT2D eigenvalue weighted by molar-refractivity contribution is -0.162. The fourth-order valence-corrected chi connectivity index (χ4v) is 2.45. The van der Waals surface area contributed by atoms with Gasteiger partial charge in [0.15, 0.2) is 0 Å². The summed E-state index contributed by atoms with van der Waals surface area (Å²) in [5.41, 5.74) is 0. The van der Waals surface area contributed by atoms with Gasteiger partial charge in [-0.3, -0.25) is 9.69 Å². The average Bonchev–Trinajstić information content (AvgIpc) is 2.48. The van der Waals surface area contributed by atoms with Gasteiger partial charge in [-0.1, -0.05) is 11.6 Å². The molecule has 0 atom stereocenters. The van der Waals surface area contributed by atoms with Crippen LogP contribution < -0.4 is 4.74 Å². The van der Waals surface area contributed by atoms with Gasteiger partial charge in [0.2, 0.25) is 5.91 Å². The van der Waals surface area contributed by atoms with Gasteiger partial charge < -0.3 is 9.64 Å². The Morgan fingerprint density at radius 1 is 1.13 bits per heavy atom. The summed E-state index contributed by atoms with van der Waals surface area (Å²) in [6.07, 6.45) is -5.83. The van der Waals surface area contributed by atoms with Crippen molar-refractivity contribution in [1.29, 1.82) is 0 Å². The highest BCUT2D eigenvalue weighted by Crippen LogP contribution is 2.21. The number of alkyl halides is 3. The minimum absolute atomic E-state index is 0.315. The Kier molecular flexibility index (Phi) is 6.12. The number of hydrogen-bond donors (Lipinski definition) is 0. The lowest BCUT2D eigenvalue weighted by atomic mass is 10.2. The van der Waals surface area contributed by atoms with Crippen LogP contribution in [0.1, 0.15) is 6.42 Å². The molecule has 0 spiro atoms. The van der Waals surface area contributed by atoms with E-state index in [4.69, 9.17) is 16.3 Å². The van der Waals surface area contributed by atoms with Crippen molar-refractivity contribution in [3.8, 4) is 5.75 Å². The van der Waals surface area contributed by atoms with E-state index in [-0.39, 0.29) is 0 Å². The molecule has 0 saturated carbocycles. The minimum Gasteiger partial charge on any atom is -0.492 e. The van der Waals surface area contributed by atoms with Crippen molar-refractivity contribution in [1.82, 2.24) is 9.80 Å². The van der Waals surface area contributed by atoms with Crippen LogP contribution in [0.25, 0.3) is 0 Å². The van der Waals surface area contributed by atoms with Gasteiger partial charge in [-0.25, -0.2) is 0 Å². The van der Waals surface area contributed by atoms with Crippen molar-refractivity contribution in [2.75, 3.05) is 39.3 Å². The summed E-state index contributed by atoms with van der Waals surface area (Å²) in [6.45, 7) is 2.86. The third-order valence-corrected chi connectivity index (χ3v) is 3.82. The molecular weight excluding hydrogens is 333 g/mol. The topological polar surface area (TPSA) is 32.8 Å². The summed E-state index contributed by atoms with van der Waals surface area (Å²) in [4.78, 5) is 14.8. The standard InChI is InChI=1S/C15H18ClF3N2O2/c16-12-1-3-13(4-2-12)23-10-9-20-5-7-21(8-6-20)14(22)11-15(17,18)19/h1-4H,5-11H2. The Bertz CT molecular complexity index is 514. The van der Waals surface area contributed by atoms with Crippen molar-refractivity contribution in [2.45, 2.75) is 12.6 Å². The van der Waals surface area contributed by atoms with Crippen LogP contribution in [-0.2, 0) is 4.79 Å². The first-order chi connectivity index (χ1) is 10.8. The van der Waals surface area contributed by atoms with E-state index >= 15 is 0 Å². The zero-order valence-corrected chi connectivity index (χ0v) is 13.2. The number of halogens is 4. The quantitative estimate of drug-likeness (QED) is 0.818. The van der Waals surface area contributed by atoms with Crippen molar-refractivity contribution in [2.24, 2.45) is 0 Å². The van der Waals surface area contributed by atoms with Gasteiger partial charge in [-0.05, 0) is 24.3 Å². The van der Waals surface area contributed by atoms with E-state index in [1.807, 2.05) is 0 Å². The van der Waals surface area contributed by atoms with Crippen LogP contribution in [-0.4, -0.2) is 61.2 Å². The fourth-order valence-electron chi connectivity index (χ4n) is 2.33. The predicted octanol–water partition coefficient (Wildman–Crippen LogP) is 2.82. The molecule has 0 bridgehead atoms. The smallest absolute Gasteiger partial charge is 0.397 e. The van der Waals surface area contributed by atoms with Crippen LogP contribution >= 0.6 is 11.6 Å². The summed E-state index contributed by atoms with van der Waals surface area (Å²) >= 11 is 5.78. The summed E-state index contributed by atoms with van der Waals surface area (Å²) in [7, 11) is 0. The zero-order chi connectivity index (χ0) is 16.9. The first kappa shape index (κ1) is 17.9. The van der Waals surface area contributed by atoms with Gasteiger partial charge in [0.05, 0.1) is 0 Å². The molecule has 1 saturated heterocycles. The third kappa shape index (κ3) is 6.27. The average molecular weight is 351 g/mol. The van der Waals surface area contributed by atoms with Crippen molar-refractivity contribution in [3.05, 3.63) is 29.3 Å². The van der Waals surface area contributed by atoms with Crippen LogP contribution in [0.2, 0.25) is 5.02 Å². The lowest BCUT2D eigenvalue weighted by Gasteiger charge is -2.34. The number of amides is 1. The molecule has 1 aliphatic heterocycles. The van der Waals surface area contributed by atoms with Crippen LogP contribution in [0.15, 0.2) is 24.3 Å². The number of nitrogens with zero attached hydrogens (tertiary/aromatic N) is 2. The number of rotatable bonds is 5. The second kappa shape index (κ2) is 7.88. The molecule has 1 fully saturated rings. The lowest BCUT2D eigenvalue weighted by Crippen LogP contribution is -2.50. The molecule has 4 nitrogen and oxygen atoms in total. The monoisotopic (exact) mass is 350 g/mol. The van der Waals surface area contributed by atoms with Gasteiger partial charge in [0.25, 0.3) is 0 Å². The number of carbonyl (C=O) groups excluding carboxylic acids is 1. The molecule has 1 amide bonds. The number of hydrogen-bond acceptors (Lipinski definition) is 3. The summed E-state index contributed by atoms with van der Waals surface area (Å²) < 4.78 is 42.2. The molecule has 8 heteroatoms. The summed E-state index contributed by atoms with van der Waals surface area (Å²) in [5.74, 6) is -0.136. The van der Waals surface area contributed by atoms with Gasteiger partial charge in [0, 0.05) is 37.7 Å². The molecule has 0 radical (unpaired) electrons. The maximum Gasteiger partial charge on any atom is 0.397 e. The number of piperazine rings is 1. The predicted molar refractivity (Wildman–Crippen MR) is 80.6 cm³/mol. The van der Waals surface area contributed by atoms with Crippen LogP contribution in [0.3, 0.4) is 0 Å². The Labute approximate surface area is 137 Å². The molecule has 1 aromatic rings. The largest absolute Gasteiger partial charge is 0.492 e. The molecule has 0 aromatic heterocycles. The third-order valence-electron chi connectivity index (χ3n) is 3.57. The zero-order valence-electron chi connectivity index (χ0n) is 12.5. The molecule has 0 N–H and O–H groups in total. The van der Waals surface area contributed by atoms with E-state index in [1.165, 1.54) is 4.90 Å². The van der Waals surface area contributed by atoms with Crippen molar-refractivity contribution < 1.29 is 22.7 Å². The first-order valence-electron chi connectivity index (χ1n) is 7.29. The Hall–Kier alpha value is -1.47. The van der Waals surface area contributed by atoms with Gasteiger partial charge in [-0.2, -0.15) is 13.2 Å². The molecule has 1 heterocycles. The normalized spacial score (nSPS) is 16.4. The van der Waals surface area contributed by atoms with E-state index in [0.29, 0.717) is 50.1 Å². The van der Waals surface area contributed by atoms with Crippen LogP contribution in [0.4, 0.5) is 13.2 Å². The van der Waals surface area contributed by atoms with Gasteiger partial charge in [0.1, 0.15) is 18.8 Å². The summed E-state index contributed by atoms with van der Waals surface area (Å²) in [5, 5.41) is 0.636. The van der Waals surface area contributed by atoms with Crippen LogP contribution in [0, 0.1) is 0 Å². The molecule has 128 valence electrons. The minimum atomic E-state index is -4.44. The number of benzene rings is 1. The number of ether oxygens (including phenoxy) is 1. The van der Waals surface area contributed by atoms with Gasteiger partial charge >= 0.3 is 6.18 Å². The highest BCUT2D eigenvalue weighted by atomic mass is 35.5. The maximum absolute atomic E-state index is 12.2. The highest BCUT2D eigenvalue weighted by Gasteiger charge is 2.34. The highest BCUT2D eigenvalue weighted by molar-refractivity contribution is 6.30. The fraction of sp³-hybridized carbons (Fsp3) is 0.533. The maximum atomic E-state index is 12.2. The second-order valence-corrected chi connectivity index (χ2v) is 5.75. The van der Waals surface area contributed by atoms with Gasteiger partial charge in [-0.15, -0.1) is 0 Å². The van der Waals surface area contributed by atoms with Crippen LogP contribution in [0.5, 0.6) is 5.75 Å². The molecule has 1 aliphatic rings. The Morgan fingerprint density at radius 3 is 2.30 bits per heavy atom. The second-order valence-electron chi connectivity index (χ2n) is 5.32. The molecule has 0 aliphatic carbocycles. The Morgan fingerprint density at radius 2 is 1.74 bits per heavy atom. The number of carbonyl (C=O) groups is 1.